The first-order chi connectivity index (χ1) is 10.4. The molecule has 0 fully saturated rings. The molecule has 118 valence electrons. The van der Waals surface area contributed by atoms with Crippen molar-refractivity contribution in [1.82, 2.24) is 4.98 Å². The van der Waals surface area contributed by atoms with Crippen LogP contribution in [0, 0.1) is 0 Å². The average Bonchev–Trinajstić information content (AvgIpc) is 2.48. The second-order valence-electron chi connectivity index (χ2n) is 4.35. The molecule has 0 atom stereocenters. The minimum absolute atomic E-state index is 0.264. The second-order valence-corrected chi connectivity index (χ2v) is 4.35. The highest BCUT2D eigenvalue weighted by Crippen LogP contribution is 2.27. The fraction of sp³-hybridized carbons (Fsp3) is 0.267. The van der Waals surface area contributed by atoms with E-state index in [2.05, 4.69) is 9.72 Å². The van der Waals surface area contributed by atoms with Gasteiger partial charge in [-0.15, -0.1) is 13.2 Å². The summed E-state index contributed by atoms with van der Waals surface area (Å²) in [6, 6.07) is 9.08. The van der Waals surface area contributed by atoms with Crippen LogP contribution in [0.4, 0.5) is 13.2 Å². The molecule has 0 aliphatic rings. The largest absolute Gasteiger partial charge is 0.573 e. The molecule has 0 saturated carbocycles. The lowest BCUT2D eigenvalue weighted by molar-refractivity contribution is -0.274. The molecule has 0 aliphatic carbocycles. The lowest BCUT2D eigenvalue weighted by atomic mass is 10.1. The number of hydrogen-bond acceptors (Lipinski definition) is 4. The number of alkyl halides is 3. The molecule has 0 amide bonds. The molecular weight excluding hydrogens is 299 g/mol. The number of methoxy groups -OCH3 is 2. The van der Waals surface area contributed by atoms with E-state index >= 15 is 0 Å². The van der Waals surface area contributed by atoms with Crippen molar-refractivity contribution in [2.45, 2.75) is 12.7 Å². The van der Waals surface area contributed by atoms with Gasteiger partial charge >= 0.3 is 6.36 Å². The molecule has 1 aromatic carbocycles. The van der Waals surface area contributed by atoms with Gasteiger partial charge < -0.3 is 14.2 Å². The summed E-state index contributed by atoms with van der Waals surface area (Å²) in [6.07, 6.45) is -3.66. The molecule has 0 unspecified atom stereocenters. The molecule has 0 radical (unpaired) electrons. The summed E-state index contributed by atoms with van der Waals surface area (Å²) >= 11 is 0. The maximum Gasteiger partial charge on any atom is 0.573 e. The third-order valence-electron chi connectivity index (χ3n) is 2.88. The van der Waals surface area contributed by atoms with Gasteiger partial charge in [-0.05, 0) is 23.8 Å². The second kappa shape index (κ2) is 6.76. The number of ether oxygens (including phenoxy) is 3. The van der Waals surface area contributed by atoms with Crippen molar-refractivity contribution in [3.05, 3.63) is 48.3 Å². The summed E-state index contributed by atoms with van der Waals surface area (Å²) < 4.78 is 50.3. The Morgan fingerprint density at radius 2 is 1.50 bits per heavy atom. The Bertz CT molecular complexity index is 593. The molecule has 0 spiro atoms. The maximum atomic E-state index is 12.1. The van der Waals surface area contributed by atoms with E-state index in [1.54, 1.807) is 18.3 Å². The minimum Gasteiger partial charge on any atom is -0.406 e. The van der Waals surface area contributed by atoms with Gasteiger partial charge in [-0.1, -0.05) is 18.2 Å². The zero-order chi connectivity index (χ0) is 16.2. The summed E-state index contributed by atoms with van der Waals surface area (Å²) in [5.41, 5.74) is 2.08. The molecule has 0 bridgehead atoms. The van der Waals surface area contributed by atoms with Gasteiger partial charge in [-0.25, -0.2) is 0 Å². The number of nitrogens with zero attached hydrogens (tertiary/aromatic N) is 1. The first-order valence-electron chi connectivity index (χ1n) is 6.30. The van der Waals surface area contributed by atoms with Crippen LogP contribution in [0.1, 0.15) is 12.0 Å². The van der Waals surface area contributed by atoms with Crippen molar-refractivity contribution in [3.8, 4) is 16.9 Å². The predicted molar refractivity (Wildman–Crippen MR) is 73.1 cm³/mol. The van der Waals surface area contributed by atoms with Crippen LogP contribution >= 0.6 is 0 Å². The molecule has 2 aromatic rings. The van der Waals surface area contributed by atoms with Crippen LogP contribution < -0.4 is 4.74 Å². The Morgan fingerprint density at radius 3 is 1.95 bits per heavy atom. The van der Waals surface area contributed by atoms with Crippen LogP contribution in [0.25, 0.3) is 11.1 Å². The number of aromatic nitrogens is 1. The number of rotatable bonds is 5. The van der Waals surface area contributed by atoms with Gasteiger partial charge in [-0.3, -0.25) is 4.98 Å². The number of hydrogen-bond donors (Lipinski definition) is 0. The molecule has 0 saturated heterocycles. The van der Waals surface area contributed by atoms with E-state index < -0.39 is 12.7 Å². The first-order valence-corrected chi connectivity index (χ1v) is 6.30. The van der Waals surface area contributed by atoms with Gasteiger partial charge in [-0.2, -0.15) is 0 Å². The first kappa shape index (κ1) is 16.3. The molecule has 1 aromatic heterocycles. The highest BCUT2D eigenvalue weighted by Gasteiger charge is 2.30. The molecule has 4 nitrogen and oxygen atoms in total. The van der Waals surface area contributed by atoms with Crippen molar-refractivity contribution >= 4 is 0 Å². The number of pyridine rings is 1. The third kappa shape index (κ3) is 4.19. The molecule has 7 heteroatoms. The molecule has 22 heavy (non-hydrogen) atoms. The Kier molecular flexibility index (Phi) is 4.99. The molecule has 0 N–H and O–H groups in total. The van der Waals surface area contributed by atoms with E-state index in [1.807, 2.05) is 0 Å². The molecule has 1 heterocycles. The van der Waals surface area contributed by atoms with Gasteiger partial charge in [0.2, 0.25) is 6.29 Å². The Labute approximate surface area is 125 Å². The topological polar surface area (TPSA) is 40.6 Å². The average molecular weight is 313 g/mol. The van der Waals surface area contributed by atoms with Gasteiger partial charge in [0.05, 0.1) is 5.69 Å². The zero-order valence-corrected chi connectivity index (χ0v) is 11.9. The zero-order valence-electron chi connectivity index (χ0n) is 11.9. The van der Waals surface area contributed by atoms with E-state index in [0.29, 0.717) is 5.69 Å². The van der Waals surface area contributed by atoms with Crippen LogP contribution in [-0.4, -0.2) is 25.6 Å². The number of benzene rings is 1. The highest BCUT2D eigenvalue weighted by atomic mass is 19.4. The monoisotopic (exact) mass is 313 g/mol. The quantitative estimate of drug-likeness (QED) is 0.784. The van der Waals surface area contributed by atoms with E-state index in [9.17, 15) is 13.2 Å². The van der Waals surface area contributed by atoms with Crippen molar-refractivity contribution in [3.63, 3.8) is 0 Å². The fourth-order valence-corrected chi connectivity index (χ4v) is 1.90. The molecule has 0 aliphatic heterocycles. The Morgan fingerprint density at radius 1 is 0.909 bits per heavy atom. The standard InChI is InChI=1S/C15H14F3NO3/c1-20-14(21-2)13-8-5-11(9-19-13)10-3-6-12(7-4-10)22-15(16,17)18/h3-9,14H,1-2H3. The normalized spacial score (nSPS) is 11.7. The Hall–Kier alpha value is -2.12. The lowest BCUT2D eigenvalue weighted by Crippen LogP contribution is -2.16. The SMILES string of the molecule is COC(OC)c1ccc(-c2ccc(OC(F)(F)F)cc2)cn1. The summed E-state index contributed by atoms with van der Waals surface area (Å²) in [5, 5.41) is 0. The highest BCUT2D eigenvalue weighted by molar-refractivity contribution is 5.63. The van der Waals surface area contributed by atoms with E-state index in [0.717, 1.165) is 11.1 Å². The molecular formula is C15H14F3NO3. The predicted octanol–water partition coefficient (Wildman–Crippen LogP) is 3.94. The van der Waals surface area contributed by atoms with E-state index in [1.165, 1.54) is 38.5 Å². The fourth-order valence-electron chi connectivity index (χ4n) is 1.90. The van der Waals surface area contributed by atoms with Gasteiger partial charge in [0, 0.05) is 26.0 Å². The lowest BCUT2D eigenvalue weighted by Gasteiger charge is -2.13. The van der Waals surface area contributed by atoms with Gasteiger partial charge in [0.15, 0.2) is 0 Å². The smallest absolute Gasteiger partial charge is 0.406 e. The summed E-state index contributed by atoms with van der Waals surface area (Å²) in [6.45, 7) is 0. The third-order valence-corrected chi connectivity index (χ3v) is 2.88. The van der Waals surface area contributed by atoms with Crippen LogP contribution in [0.3, 0.4) is 0 Å². The Balaban J connectivity index is 2.15. The molecule has 2 rings (SSSR count). The van der Waals surface area contributed by atoms with Crippen LogP contribution in [-0.2, 0) is 9.47 Å². The van der Waals surface area contributed by atoms with Gasteiger partial charge in [0.1, 0.15) is 5.75 Å². The van der Waals surface area contributed by atoms with E-state index in [-0.39, 0.29) is 5.75 Å². The van der Waals surface area contributed by atoms with Crippen molar-refractivity contribution in [2.24, 2.45) is 0 Å². The van der Waals surface area contributed by atoms with Crippen LogP contribution in [0.5, 0.6) is 5.75 Å². The van der Waals surface area contributed by atoms with Gasteiger partial charge in [0.25, 0.3) is 0 Å². The summed E-state index contributed by atoms with van der Waals surface area (Å²) in [5.74, 6) is -0.264. The summed E-state index contributed by atoms with van der Waals surface area (Å²) in [4.78, 5) is 4.22. The maximum absolute atomic E-state index is 12.1. The van der Waals surface area contributed by atoms with Crippen LogP contribution in [0.2, 0.25) is 0 Å². The van der Waals surface area contributed by atoms with Crippen molar-refractivity contribution in [1.29, 1.82) is 0 Å². The van der Waals surface area contributed by atoms with Crippen molar-refractivity contribution < 1.29 is 27.4 Å². The van der Waals surface area contributed by atoms with Crippen molar-refractivity contribution in [2.75, 3.05) is 14.2 Å². The minimum atomic E-state index is -4.69. The van der Waals surface area contributed by atoms with E-state index in [4.69, 9.17) is 9.47 Å². The number of halogens is 3. The summed E-state index contributed by atoms with van der Waals surface area (Å²) in [7, 11) is 3.01. The van der Waals surface area contributed by atoms with Crippen LogP contribution in [0.15, 0.2) is 42.6 Å².